The van der Waals surface area contributed by atoms with Gasteiger partial charge >= 0.3 is 0 Å². The highest BCUT2D eigenvalue weighted by molar-refractivity contribution is 9.10. The van der Waals surface area contributed by atoms with E-state index in [-0.39, 0.29) is 17.5 Å². The first kappa shape index (κ1) is 14.9. The Bertz CT molecular complexity index is 710. The van der Waals surface area contributed by atoms with Crippen LogP contribution < -0.4 is 9.46 Å². The van der Waals surface area contributed by atoms with E-state index in [2.05, 4.69) is 20.7 Å². The maximum atomic E-state index is 12.1. The SMILES string of the molecule is COc1cc(NS(=O)(=O)c2ccc(CO)o2)ccc1Br. The number of anilines is 1. The second-order valence-electron chi connectivity index (χ2n) is 3.83. The van der Waals surface area contributed by atoms with Gasteiger partial charge in [0.05, 0.1) is 17.3 Å². The Morgan fingerprint density at radius 3 is 2.70 bits per heavy atom. The van der Waals surface area contributed by atoms with Crippen LogP contribution in [0.15, 0.2) is 44.3 Å². The number of hydrogen-bond acceptors (Lipinski definition) is 5. The number of hydrogen-bond donors (Lipinski definition) is 2. The van der Waals surface area contributed by atoms with Crippen LogP contribution in [-0.2, 0) is 16.6 Å². The number of aliphatic hydroxyl groups is 1. The Morgan fingerprint density at radius 2 is 2.10 bits per heavy atom. The lowest BCUT2D eigenvalue weighted by atomic mass is 10.3. The molecule has 0 saturated carbocycles. The van der Waals surface area contributed by atoms with Crippen LogP contribution in [0.2, 0.25) is 0 Å². The fourth-order valence-electron chi connectivity index (χ4n) is 1.52. The Hall–Kier alpha value is -1.51. The van der Waals surface area contributed by atoms with E-state index >= 15 is 0 Å². The number of nitrogens with one attached hydrogen (secondary N) is 1. The van der Waals surface area contributed by atoms with Crippen LogP contribution in [0.5, 0.6) is 5.75 Å². The molecular weight excluding hydrogens is 350 g/mol. The van der Waals surface area contributed by atoms with Gasteiger partial charge in [-0.05, 0) is 40.2 Å². The molecule has 1 heterocycles. The van der Waals surface area contributed by atoms with Crippen LogP contribution >= 0.6 is 15.9 Å². The molecule has 6 nitrogen and oxygen atoms in total. The summed E-state index contributed by atoms with van der Waals surface area (Å²) in [6, 6.07) is 7.47. The number of benzene rings is 1. The molecular formula is C12H12BrNO5S. The largest absolute Gasteiger partial charge is 0.495 e. The second kappa shape index (κ2) is 5.86. The topological polar surface area (TPSA) is 88.8 Å². The standard InChI is InChI=1S/C12H12BrNO5S/c1-18-11-6-8(2-4-10(11)13)14-20(16,17)12-5-3-9(7-15)19-12/h2-6,14-15H,7H2,1H3. The third-order valence-electron chi connectivity index (χ3n) is 2.46. The summed E-state index contributed by atoms with van der Waals surface area (Å²) in [5, 5.41) is 8.61. The number of rotatable bonds is 5. The maximum Gasteiger partial charge on any atom is 0.295 e. The zero-order valence-corrected chi connectivity index (χ0v) is 12.9. The van der Waals surface area contributed by atoms with Crippen molar-refractivity contribution < 1.29 is 22.7 Å². The first-order chi connectivity index (χ1) is 9.46. The van der Waals surface area contributed by atoms with Crippen LogP contribution in [0.3, 0.4) is 0 Å². The van der Waals surface area contributed by atoms with E-state index in [4.69, 9.17) is 14.3 Å². The first-order valence-corrected chi connectivity index (χ1v) is 7.80. The summed E-state index contributed by atoms with van der Waals surface area (Å²) < 4.78 is 37.3. The quantitative estimate of drug-likeness (QED) is 0.852. The summed E-state index contributed by atoms with van der Waals surface area (Å²) >= 11 is 3.28. The average molecular weight is 362 g/mol. The van der Waals surface area contributed by atoms with Crippen LogP contribution in [0, 0.1) is 0 Å². The van der Waals surface area contributed by atoms with E-state index in [1.807, 2.05) is 0 Å². The summed E-state index contributed by atoms with van der Waals surface area (Å²) in [5.74, 6) is 0.680. The average Bonchev–Trinajstić information content (AvgIpc) is 2.90. The number of sulfonamides is 1. The molecule has 108 valence electrons. The number of furan rings is 1. The minimum atomic E-state index is -3.84. The van der Waals surface area contributed by atoms with Gasteiger partial charge < -0.3 is 14.3 Å². The van der Waals surface area contributed by atoms with E-state index in [0.717, 1.165) is 0 Å². The second-order valence-corrected chi connectivity index (χ2v) is 6.30. The van der Waals surface area contributed by atoms with Crippen molar-refractivity contribution in [2.45, 2.75) is 11.7 Å². The highest BCUT2D eigenvalue weighted by atomic mass is 79.9. The summed E-state index contributed by atoms with van der Waals surface area (Å²) in [4.78, 5) is 0. The van der Waals surface area contributed by atoms with Gasteiger partial charge in [0, 0.05) is 6.07 Å². The summed E-state index contributed by atoms with van der Waals surface area (Å²) in [6.45, 7) is -0.359. The molecule has 0 fully saturated rings. The Labute approximate surface area is 124 Å². The van der Waals surface area contributed by atoms with Crippen LogP contribution in [0.1, 0.15) is 5.76 Å². The van der Waals surface area contributed by atoms with E-state index in [1.165, 1.54) is 25.3 Å². The zero-order valence-electron chi connectivity index (χ0n) is 10.5. The smallest absolute Gasteiger partial charge is 0.295 e. The Balaban J connectivity index is 2.28. The summed E-state index contributed by atoms with van der Waals surface area (Å²) in [7, 11) is -2.35. The van der Waals surface area contributed by atoms with Crippen LogP contribution in [0.4, 0.5) is 5.69 Å². The molecule has 2 rings (SSSR count). The molecule has 20 heavy (non-hydrogen) atoms. The predicted octanol–water partition coefficient (Wildman–Crippen LogP) is 2.34. The van der Waals surface area contributed by atoms with Gasteiger partial charge in [0.1, 0.15) is 18.1 Å². The Kier molecular flexibility index (Phi) is 4.36. The maximum absolute atomic E-state index is 12.1. The van der Waals surface area contributed by atoms with Crippen molar-refractivity contribution in [3.8, 4) is 5.75 Å². The molecule has 8 heteroatoms. The van der Waals surface area contributed by atoms with Gasteiger partial charge in [-0.1, -0.05) is 0 Å². The van der Waals surface area contributed by atoms with Crippen molar-refractivity contribution in [3.63, 3.8) is 0 Å². The summed E-state index contributed by atoms with van der Waals surface area (Å²) in [6.07, 6.45) is 0. The monoisotopic (exact) mass is 361 g/mol. The third-order valence-corrected chi connectivity index (χ3v) is 4.37. The van der Waals surface area contributed by atoms with Crippen molar-refractivity contribution in [2.24, 2.45) is 0 Å². The third kappa shape index (κ3) is 3.14. The Morgan fingerprint density at radius 1 is 1.35 bits per heavy atom. The van der Waals surface area contributed by atoms with E-state index in [9.17, 15) is 8.42 Å². The molecule has 0 amide bonds. The summed E-state index contributed by atoms with van der Waals surface area (Å²) in [5.41, 5.74) is 0.340. The molecule has 0 spiro atoms. The van der Waals surface area contributed by atoms with Gasteiger partial charge in [-0.25, -0.2) is 0 Å². The normalized spacial score (nSPS) is 11.3. The van der Waals surface area contributed by atoms with Crippen molar-refractivity contribution in [2.75, 3.05) is 11.8 Å². The molecule has 2 aromatic rings. The molecule has 0 radical (unpaired) electrons. The molecule has 0 aliphatic heterocycles. The first-order valence-electron chi connectivity index (χ1n) is 5.52. The zero-order chi connectivity index (χ0) is 14.8. The molecule has 2 N–H and O–H groups in total. The minimum absolute atomic E-state index is 0.179. The molecule has 0 bridgehead atoms. The highest BCUT2D eigenvalue weighted by Crippen LogP contribution is 2.29. The highest BCUT2D eigenvalue weighted by Gasteiger charge is 2.19. The number of ether oxygens (including phenoxy) is 1. The number of aliphatic hydroxyl groups excluding tert-OH is 1. The van der Waals surface area contributed by atoms with Crippen molar-refractivity contribution >= 4 is 31.6 Å². The van der Waals surface area contributed by atoms with Crippen LogP contribution in [0.25, 0.3) is 0 Å². The molecule has 1 aromatic carbocycles. The minimum Gasteiger partial charge on any atom is -0.495 e. The molecule has 0 saturated heterocycles. The molecule has 0 aliphatic carbocycles. The van der Waals surface area contributed by atoms with Gasteiger partial charge in [-0.15, -0.1) is 0 Å². The van der Waals surface area contributed by atoms with Crippen LogP contribution in [-0.4, -0.2) is 20.6 Å². The lowest BCUT2D eigenvalue weighted by Crippen LogP contribution is -2.12. The fourth-order valence-corrected chi connectivity index (χ4v) is 2.93. The molecule has 0 unspecified atom stereocenters. The van der Waals surface area contributed by atoms with E-state index in [0.29, 0.717) is 15.9 Å². The van der Waals surface area contributed by atoms with E-state index < -0.39 is 10.0 Å². The van der Waals surface area contributed by atoms with Gasteiger partial charge in [0.25, 0.3) is 10.0 Å². The van der Waals surface area contributed by atoms with Gasteiger partial charge in [-0.3, -0.25) is 4.72 Å². The number of halogens is 1. The van der Waals surface area contributed by atoms with Crippen molar-refractivity contribution in [1.29, 1.82) is 0 Å². The molecule has 0 aliphatic rings. The fraction of sp³-hybridized carbons (Fsp3) is 0.167. The predicted molar refractivity (Wildman–Crippen MR) is 76.1 cm³/mol. The van der Waals surface area contributed by atoms with Gasteiger partial charge in [0.15, 0.2) is 0 Å². The lowest BCUT2D eigenvalue weighted by molar-refractivity contribution is 0.236. The lowest BCUT2D eigenvalue weighted by Gasteiger charge is -2.08. The van der Waals surface area contributed by atoms with Gasteiger partial charge in [0.2, 0.25) is 5.09 Å². The number of methoxy groups -OCH3 is 1. The van der Waals surface area contributed by atoms with Crippen molar-refractivity contribution in [1.82, 2.24) is 0 Å². The molecule has 0 atom stereocenters. The van der Waals surface area contributed by atoms with Gasteiger partial charge in [-0.2, -0.15) is 8.42 Å². The van der Waals surface area contributed by atoms with Crippen molar-refractivity contribution in [3.05, 3.63) is 40.6 Å². The van der Waals surface area contributed by atoms with E-state index in [1.54, 1.807) is 12.1 Å². The molecule has 1 aromatic heterocycles.